The quantitative estimate of drug-likeness (QED) is 0.0977. The van der Waals surface area contributed by atoms with E-state index in [1.807, 2.05) is 67.7 Å². The molecule has 262 valence electrons. The Morgan fingerprint density at radius 2 is 1.75 bits per heavy atom. The van der Waals surface area contributed by atoms with Crippen LogP contribution in [0.15, 0.2) is 94.0 Å². The van der Waals surface area contributed by atoms with E-state index in [2.05, 4.69) is 11.9 Å². The molecule has 12 heteroatoms. The Hall–Kier alpha value is -5.75. The Labute approximate surface area is 298 Å². The minimum absolute atomic E-state index is 0.202. The highest BCUT2D eigenvalue weighted by molar-refractivity contribution is 7.07. The van der Waals surface area contributed by atoms with Crippen LogP contribution in [0.1, 0.15) is 56.3 Å². The number of carbonyl (C=O) groups excluding carboxylic acids is 2. The number of hydrogen-bond donors (Lipinski definition) is 0. The van der Waals surface area contributed by atoms with Gasteiger partial charge in [-0.15, -0.1) is 0 Å². The monoisotopic (exact) mass is 706 g/mol. The van der Waals surface area contributed by atoms with Crippen LogP contribution in [0.5, 0.6) is 17.2 Å². The van der Waals surface area contributed by atoms with Crippen LogP contribution < -0.4 is 29.1 Å². The van der Waals surface area contributed by atoms with Gasteiger partial charge < -0.3 is 18.9 Å². The Balaban J connectivity index is 1.52. The van der Waals surface area contributed by atoms with E-state index in [1.54, 1.807) is 29.8 Å². The van der Waals surface area contributed by atoms with Gasteiger partial charge in [0, 0.05) is 24.2 Å². The standard InChI is InChI=1S/C39H38N4O7S/c1-7-8-18-49-30-16-14-26(19-23(30)2)35-28(22-42(41-35)29-12-10-9-11-13-29)21-33-37(45)43-36(34(38(46)48-6)24(3)40-39(43)51-33)27-15-17-31(50-25(4)44)32(20-27)47-5/h9-17,19-22,36H,7-8,18H2,1-6H3. The Kier molecular flexibility index (Phi) is 10.3. The summed E-state index contributed by atoms with van der Waals surface area (Å²) in [5.41, 5.74) is 4.91. The maximum Gasteiger partial charge on any atom is 0.338 e. The molecule has 2 aromatic heterocycles. The lowest BCUT2D eigenvalue weighted by molar-refractivity contribution is -0.136. The molecule has 0 aliphatic carbocycles. The summed E-state index contributed by atoms with van der Waals surface area (Å²) < 4.78 is 25.7. The third kappa shape index (κ3) is 7.13. The number of carbonyl (C=O) groups is 2. The van der Waals surface area contributed by atoms with Crippen molar-refractivity contribution in [2.45, 2.75) is 46.6 Å². The molecule has 51 heavy (non-hydrogen) atoms. The first kappa shape index (κ1) is 35.1. The maximum absolute atomic E-state index is 14.4. The lowest BCUT2D eigenvalue weighted by Gasteiger charge is -2.25. The summed E-state index contributed by atoms with van der Waals surface area (Å²) in [6.07, 6.45) is 5.72. The molecule has 1 aliphatic rings. The van der Waals surface area contributed by atoms with Crippen LogP contribution in [0.4, 0.5) is 0 Å². The van der Waals surface area contributed by atoms with E-state index >= 15 is 0 Å². The number of para-hydroxylation sites is 1. The summed E-state index contributed by atoms with van der Waals surface area (Å²) in [5.74, 6) is 0.154. The highest BCUT2D eigenvalue weighted by Gasteiger charge is 2.34. The molecule has 1 unspecified atom stereocenters. The summed E-state index contributed by atoms with van der Waals surface area (Å²) in [4.78, 5) is 44.5. The van der Waals surface area contributed by atoms with Gasteiger partial charge in [0.1, 0.15) is 11.4 Å². The number of thiazole rings is 1. The lowest BCUT2D eigenvalue weighted by Crippen LogP contribution is -2.39. The van der Waals surface area contributed by atoms with Crippen LogP contribution in [-0.2, 0) is 14.3 Å². The van der Waals surface area contributed by atoms with Crippen LogP contribution >= 0.6 is 11.3 Å². The molecule has 1 atom stereocenters. The summed E-state index contributed by atoms with van der Waals surface area (Å²) in [7, 11) is 2.73. The van der Waals surface area contributed by atoms with Crippen molar-refractivity contribution in [3.05, 3.63) is 121 Å². The molecule has 3 heterocycles. The zero-order valence-corrected chi connectivity index (χ0v) is 30.1. The second kappa shape index (κ2) is 15.0. The molecule has 0 N–H and O–H groups in total. The number of unbranched alkanes of at least 4 members (excludes halogenated alkanes) is 1. The molecule has 1 aliphatic heterocycles. The Morgan fingerprint density at radius 3 is 2.43 bits per heavy atom. The zero-order valence-electron chi connectivity index (χ0n) is 29.3. The number of nitrogens with zero attached hydrogens (tertiary/aromatic N) is 4. The summed E-state index contributed by atoms with van der Waals surface area (Å²) in [6, 6.07) is 19.7. The Bertz CT molecular complexity index is 2340. The molecule has 0 bridgehead atoms. The first-order valence-corrected chi connectivity index (χ1v) is 17.3. The smallest absolute Gasteiger partial charge is 0.338 e. The predicted octanol–water partition coefficient (Wildman–Crippen LogP) is 5.68. The normalized spacial score (nSPS) is 14.2. The number of fused-ring (bicyclic) bond motifs is 1. The molecule has 0 saturated heterocycles. The van der Waals surface area contributed by atoms with Gasteiger partial charge in [0.15, 0.2) is 16.3 Å². The van der Waals surface area contributed by atoms with Crippen LogP contribution in [0.25, 0.3) is 23.0 Å². The molecule has 0 saturated carbocycles. The molecule has 0 radical (unpaired) electrons. The van der Waals surface area contributed by atoms with E-state index < -0.39 is 18.0 Å². The molecule has 0 spiro atoms. The minimum Gasteiger partial charge on any atom is -0.493 e. The number of methoxy groups -OCH3 is 2. The molecule has 0 fully saturated rings. The fourth-order valence-corrected chi connectivity index (χ4v) is 7.00. The summed E-state index contributed by atoms with van der Waals surface area (Å²) in [6.45, 7) is 7.78. The maximum atomic E-state index is 14.4. The van der Waals surface area contributed by atoms with Crippen LogP contribution in [-0.4, -0.2) is 47.1 Å². The molecule has 6 rings (SSSR count). The number of aromatic nitrogens is 3. The molecule has 0 amide bonds. The number of esters is 2. The van der Waals surface area contributed by atoms with E-state index in [1.165, 1.54) is 37.0 Å². The van der Waals surface area contributed by atoms with E-state index in [9.17, 15) is 14.4 Å². The number of hydrogen-bond acceptors (Lipinski definition) is 10. The van der Waals surface area contributed by atoms with Crippen molar-refractivity contribution >= 4 is 29.4 Å². The van der Waals surface area contributed by atoms with Gasteiger partial charge in [-0.1, -0.05) is 48.9 Å². The van der Waals surface area contributed by atoms with E-state index in [4.69, 9.17) is 24.0 Å². The summed E-state index contributed by atoms with van der Waals surface area (Å²) >= 11 is 1.21. The van der Waals surface area contributed by atoms with Gasteiger partial charge in [0.05, 0.1) is 48.4 Å². The van der Waals surface area contributed by atoms with Crippen molar-refractivity contribution in [1.29, 1.82) is 0 Å². The number of allylic oxidation sites excluding steroid dienone is 1. The number of aryl methyl sites for hydroxylation is 1. The van der Waals surface area contributed by atoms with Gasteiger partial charge in [0.25, 0.3) is 5.56 Å². The van der Waals surface area contributed by atoms with Crippen molar-refractivity contribution in [3.8, 4) is 34.2 Å². The van der Waals surface area contributed by atoms with Crippen molar-refractivity contribution in [2.75, 3.05) is 20.8 Å². The molecular formula is C39H38N4O7S. The number of ether oxygens (including phenoxy) is 4. The SMILES string of the molecule is CCCCOc1ccc(-c2nn(-c3ccccc3)cc2C=c2sc3n(c2=O)C(c2ccc(OC(C)=O)c(OC)c2)C(C(=O)OC)=C(C)N=3)cc1C. The van der Waals surface area contributed by atoms with Crippen molar-refractivity contribution in [3.63, 3.8) is 0 Å². The average molecular weight is 707 g/mol. The van der Waals surface area contributed by atoms with Crippen molar-refractivity contribution in [2.24, 2.45) is 4.99 Å². The van der Waals surface area contributed by atoms with Gasteiger partial charge in [-0.25, -0.2) is 14.5 Å². The molecule has 3 aromatic carbocycles. The van der Waals surface area contributed by atoms with E-state index in [0.29, 0.717) is 32.9 Å². The highest BCUT2D eigenvalue weighted by atomic mass is 32.1. The van der Waals surface area contributed by atoms with Crippen LogP contribution in [0, 0.1) is 6.92 Å². The lowest BCUT2D eigenvalue weighted by atomic mass is 9.95. The number of benzene rings is 3. The van der Waals surface area contributed by atoms with Gasteiger partial charge in [-0.05, 0) is 79.9 Å². The van der Waals surface area contributed by atoms with Crippen LogP contribution in [0.2, 0.25) is 0 Å². The fraction of sp³-hybridized carbons (Fsp3) is 0.256. The third-order valence-electron chi connectivity index (χ3n) is 8.44. The first-order chi connectivity index (χ1) is 24.6. The average Bonchev–Trinajstić information content (AvgIpc) is 3.68. The summed E-state index contributed by atoms with van der Waals surface area (Å²) in [5, 5.41) is 4.97. The second-order valence-corrected chi connectivity index (χ2v) is 13.0. The van der Waals surface area contributed by atoms with E-state index in [-0.39, 0.29) is 22.6 Å². The highest BCUT2D eigenvalue weighted by Crippen LogP contribution is 2.36. The van der Waals surface area contributed by atoms with Gasteiger partial charge in [0.2, 0.25) is 0 Å². The van der Waals surface area contributed by atoms with Crippen LogP contribution in [0.3, 0.4) is 0 Å². The van der Waals surface area contributed by atoms with Crippen molar-refractivity contribution < 1.29 is 28.5 Å². The number of rotatable bonds is 11. The minimum atomic E-state index is -0.898. The van der Waals surface area contributed by atoms with Gasteiger partial charge in [-0.3, -0.25) is 14.2 Å². The van der Waals surface area contributed by atoms with Gasteiger partial charge in [-0.2, -0.15) is 5.10 Å². The van der Waals surface area contributed by atoms with Gasteiger partial charge >= 0.3 is 11.9 Å². The second-order valence-electron chi connectivity index (χ2n) is 12.0. The fourth-order valence-electron chi connectivity index (χ4n) is 5.96. The largest absolute Gasteiger partial charge is 0.493 e. The van der Waals surface area contributed by atoms with Crippen molar-refractivity contribution in [1.82, 2.24) is 14.3 Å². The molecule has 11 nitrogen and oxygen atoms in total. The Morgan fingerprint density at radius 1 is 0.980 bits per heavy atom. The molecule has 5 aromatic rings. The first-order valence-electron chi connectivity index (χ1n) is 16.5. The van der Waals surface area contributed by atoms with E-state index in [0.717, 1.165) is 41.0 Å². The predicted molar refractivity (Wildman–Crippen MR) is 194 cm³/mol. The topological polar surface area (TPSA) is 123 Å². The zero-order chi connectivity index (χ0) is 36.2. The third-order valence-corrected chi connectivity index (χ3v) is 9.42. The molecular weight excluding hydrogens is 669 g/mol.